The van der Waals surface area contributed by atoms with Gasteiger partial charge in [-0.2, -0.15) is 0 Å². The number of rotatable bonds is 4. The lowest BCUT2D eigenvalue weighted by atomic mass is 9.98. The predicted molar refractivity (Wildman–Crippen MR) is 109 cm³/mol. The van der Waals surface area contributed by atoms with Crippen LogP contribution in [0.5, 0.6) is 0 Å². The van der Waals surface area contributed by atoms with Crippen LogP contribution >= 0.6 is 0 Å². The SMILES string of the molecule is Cn1c(CCN2Cc3cccc(-c4cccnc4)c3C2=O)nc2ccccc21. The number of aromatic nitrogens is 3. The standard InChI is InChI=1S/C23H20N4O/c1-26-20-10-3-2-9-19(20)25-21(26)11-13-27-15-17-6-4-8-18(22(17)23(27)28)16-7-5-12-24-14-16/h2-10,12,14H,11,13,15H2,1H3. The average molecular weight is 368 g/mol. The molecule has 0 spiro atoms. The lowest BCUT2D eigenvalue weighted by Gasteiger charge is -2.15. The molecular weight excluding hydrogens is 348 g/mol. The van der Waals surface area contributed by atoms with Crippen LogP contribution in [-0.2, 0) is 20.0 Å². The summed E-state index contributed by atoms with van der Waals surface area (Å²) in [6.45, 7) is 1.30. The summed E-state index contributed by atoms with van der Waals surface area (Å²) in [6, 6.07) is 18.1. The Labute approximate surface area is 163 Å². The van der Waals surface area contributed by atoms with E-state index in [-0.39, 0.29) is 5.91 Å². The van der Waals surface area contributed by atoms with Gasteiger partial charge >= 0.3 is 0 Å². The van der Waals surface area contributed by atoms with Crippen LogP contribution in [0.2, 0.25) is 0 Å². The van der Waals surface area contributed by atoms with Crippen molar-refractivity contribution in [1.29, 1.82) is 0 Å². The second-order valence-corrected chi connectivity index (χ2v) is 7.13. The van der Waals surface area contributed by atoms with Gasteiger partial charge in [0, 0.05) is 44.5 Å². The molecule has 1 aliphatic heterocycles. The topological polar surface area (TPSA) is 51.0 Å². The molecule has 5 nitrogen and oxygen atoms in total. The molecule has 0 saturated heterocycles. The molecule has 138 valence electrons. The molecular formula is C23H20N4O. The Morgan fingerprint density at radius 1 is 1.04 bits per heavy atom. The molecule has 0 fully saturated rings. The summed E-state index contributed by atoms with van der Waals surface area (Å²) in [6.07, 6.45) is 4.29. The maximum Gasteiger partial charge on any atom is 0.255 e. The van der Waals surface area contributed by atoms with Gasteiger partial charge in [0.15, 0.2) is 0 Å². The monoisotopic (exact) mass is 368 g/mol. The normalized spacial score (nSPS) is 13.3. The summed E-state index contributed by atoms with van der Waals surface area (Å²) < 4.78 is 2.12. The maximum atomic E-state index is 13.1. The number of amides is 1. The van der Waals surface area contributed by atoms with Crippen LogP contribution < -0.4 is 0 Å². The highest BCUT2D eigenvalue weighted by molar-refractivity contribution is 6.04. The van der Waals surface area contributed by atoms with Gasteiger partial charge in [-0.3, -0.25) is 9.78 Å². The van der Waals surface area contributed by atoms with Crippen LogP contribution in [-0.4, -0.2) is 31.9 Å². The second kappa shape index (κ2) is 6.60. The molecule has 0 radical (unpaired) electrons. The van der Waals surface area contributed by atoms with E-state index < -0.39 is 0 Å². The molecule has 1 amide bonds. The molecule has 5 rings (SSSR count). The van der Waals surface area contributed by atoms with Crippen molar-refractivity contribution >= 4 is 16.9 Å². The van der Waals surface area contributed by atoms with E-state index in [9.17, 15) is 4.79 Å². The third-order valence-electron chi connectivity index (χ3n) is 5.47. The summed E-state index contributed by atoms with van der Waals surface area (Å²) in [4.78, 5) is 24.0. The highest BCUT2D eigenvalue weighted by atomic mass is 16.2. The molecule has 3 heterocycles. The summed E-state index contributed by atoms with van der Waals surface area (Å²) in [5, 5.41) is 0. The number of carbonyl (C=O) groups excluding carboxylic acids is 1. The number of nitrogens with zero attached hydrogens (tertiary/aromatic N) is 4. The van der Waals surface area contributed by atoms with Crippen LogP contribution in [0.4, 0.5) is 0 Å². The maximum absolute atomic E-state index is 13.1. The molecule has 1 aliphatic rings. The number of benzene rings is 2. The van der Waals surface area contributed by atoms with E-state index in [4.69, 9.17) is 4.98 Å². The Kier molecular flexibility index (Phi) is 3.93. The minimum absolute atomic E-state index is 0.0909. The number of hydrogen-bond acceptors (Lipinski definition) is 3. The van der Waals surface area contributed by atoms with Gasteiger partial charge < -0.3 is 9.47 Å². The van der Waals surface area contributed by atoms with Crippen molar-refractivity contribution in [1.82, 2.24) is 19.4 Å². The molecule has 0 unspecified atom stereocenters. The van der Waals surface area contributed by atoms with Gasteiger partial charge in [-0.15, -0.1) is 0 Å². The molecule has 0 saturated carbocycles. The molecule has 0 aliphatic carbocycles. The second-order valence-electron chi connectivity index (χ2n) is 7.13. The van der Waals surface area contributed by atoms with Crippen molar-refractivity contribution in [2.45, 2.75) is 13.0 Å². The fourth-order valence-electron chi connectivity index (χ4n) is 4.02. The minimum atomic E-state index is 0.0909. The molecule has 5 heteroatoms. The Hall–Kier alpha value is -3.47. The molecule has 0 N–H and O–H groups in total. The van der Waals surface area contributed by atoms with Crippen LogP contribution in [0.25, 0.3) is 22.2 Å². The first-order valence-electron chi connectivity index (χ1n) is 9.44. The Balaban J connectivity index is 1.40. The first kappa shape index (κ1) is 16.7. The summed E-state index contributed by atoms with van der Waals surface area (Å²) in [5.41, 5.74) is 5.94. The number of para-hydroxylation sites is 2. The molecule has 4 aromatic rings. The van der Waals surface area contributed by atoms with Crippen molar-refractivity contribution in [2.75, 3.05) is 6.54 Å². The quantitative estimate of drug-likeness (QED) is 0.550. The van der Waals surface area contributed by atoms with Gasteiger partial charge in [-0.25, -0.2) is 4.98 Å². The average Bonchev–Trinajstić information content (AvgIpc) is 3.24. The van der Waals surface area contributed by atoms with Crippen LogP contribution in [0.1, 0.15) is 21.7 Å². The predicted octanol–water partition coefficient (Wildman–Crippen LogP) is 3.83. The van der Waals surface area contributed by atoms with Crippen molar-refractivity contribution < 1.29 is 4.79 Å². The zero-order chi connectivity index (χ0) is 19.1. The van der Waals surface area contributed by atoms with E-state index in [1.165, 1.54) is 0 Å². The summed E-state index contributed by atoms with van der Waals surface area (Å²) >= 11 is 0. The van der Waals surface area contributed by atoms with Gasteiger partial charge in [-0.1, -0.05) is 36.4 Å². The highest BCUT2D eigenvalue weighted by Crippen LogP contribution is 2.32. The largest absolute Gasteiger partial charge is 0.334 e. The Bertz CT molecular complexity index is 1180. The van der Waals surface area contributed by atoms with E-state index in [0.29, 0.717) is 13.1 Å². The van der Waals surface area contributed by atoms with Crippen molar-refractivity contribution in [2.24, 2.45) is 7.05 Å². The number of hydrogen-bond donors (Lipinski definition) is 0. The van der Waals surface area contributed by atoms with Crippen LogP contribution in [0, 0.1) is 0 Å². The molecule has 28 heavy (non-hydrogen) atoms. The number of imidazole rings is 1. The molecule has 0 bridgehead atoms. The molecule has 2 aromatic carbocycles. The Morgan fingerprint density at radius 2 is 1.93 bits per heavy atom. The lowest BCUT2D eigenvalue weighted by Crippen LogP contribution is -2.27. The first-order valence-corrected chi connectivity index (χ1v) is 9.44. The van der Waals surface area contributed by atoms with E-state index >= 15 is 0 Å². The van der Waals surface area contributed by atoms with Crippen molar-refractivity contribution in [3.63, 3.8) is 0 Å². The smallest absolute Gasteiger partial charge is 0.255 e. The zero-order valence-electron chi connectivity index (χ0n) is 15.7. The lowest BCUT2D eigenvalue weighted by molar-refractivity contribution is 0.0780. The fraction of sp³-hybridized carbons (Fsp3) is 0.174. The van der Waals surface area contributed by atoms with E-state index in [1.54, 1.807) is 6.20 Å². The Morgan fingerprint density at radius 3 is 2.75 bits per heavy atom. The van der Waals surface area contributed by atoms with Crippen molar-refractivity contribution in [3.8, 4) is 11.1 Å². The highest BCUT2D eigenvalue weighted by Gasteiger charge is 2.30. The first-order chi connectivity index (χ1) is 13.7. The van der Waals surface area contributed by atoms with Gasteiger partial charge in [0.05, 0.1) is 16.6 Å². The van der Waals surface area contributed by atoms with E-state index in [0.717, 1.165) is 45.5 Å². The van der Waals surface area contributed by atoms with Gasteiger partial charge in [0.25, 0.3) is 5.91 Å². The zero-order valence-corrected chi connectivity index (χ0v) is 15.7. The van der Waals surface area contributed by atoms with Gasteiger partial charge in [-0.05, 0) is 29.3 Å². The van der Waals surface area contributed by atoms with Gasteiger partial charge in [0.2, 0.25) is 0 Å². The number of pyridine rings is 1. The van der Waals surface area contributed by atoms with E-state index in [2.05, 4.69) is 15.6 Å². The van der Waals surface area contributed by atoms with Crippen LogP contribution in [0.3, 0.4) is 0 Å². The van der Waals surface area contributed by atoms with E-state index in [1.807, 2.05) is 66.7 Å². The number of carbonyl (C=O) groups is 1. The number of fused-ring (bicyclic) bond motifs is 2. The van der Waals surface area contributed by atoms with Gasteiger partial charge in [0.1, 0.15) is 5.82 Å². The number of aryl methyl sites for hydroxylation is 1. The minimum Gasteiger partial charge on any atom is -0.334 e. The third-order valence-corrected chi connectivity index (χ3v) is 5.47. The summed E-state index contributed by atoms with van der Waals surface area (Å²) in [5.74, 6) is 1.09. The molecule has 0 atom stereocenters. The molecule has 2 aromatic heterocycles. The summed E-state index contributed by atoms with van der Waals surface area (Å²) in [7, 11) is 2.03. The third kappa shape index (κ3) is 2.67. The van der Waals surface area contributed by atoms with Crippen LogP contribution in [0.15, 0.2) is 67.0 Å². The van der Waals surface area contributed by atoms with Crippen molar-refractivity contribution in [3.05, 3.63) is 83.9 Å². The fourth-order valence-corrected chi connectivity index (χ4v) is 4.02.